The van der Waals surface area contributed by atoms with Gasteiger partial charge in [0.2, 0.25) is 0 Å². The lowest BCUT2D eigenvalue weighted by molar-refractivity contribution is -0.0575. The van der Waals surface area contributed by atoms with Crippen molar-refractivity contribution in [2.75, 3.05) is 0 Å². The molecule has 1 heterocycles. The monoisotopic (exact) mass is 255 g/mol. The second-order valence-corrected chi connectivity index (χ2v) is 6.11. The maximum absolute atomic E-state index is 11.2. The molecule has 1 N–H and O–H groups in total. The second kappa shape index (κ2) is 4.61. The Kier molecular flexibility index (Phi) is 3.06. The number of pyridine rings is 1. The van der Waals surface area contributed by atoms with Crippen LogP contribution in [0.1, 0.15) is 38.7 Å². The zero-order chi connectivity index (χ0) is 13.5. The van der Waals surface area contributed by atoms with E-state index < -0.39 is 5.60 Å². The number of fused-ring (bicyclic) bond motifs is 1. The summed E-state index contributed by atoms with van der Waals surface area (Å²) < 4.78 is 0. The molecular weight excluding hydrogens is 234 g/mol. The average Bonchev–Trinajstić information content (AvgIpc) is 2.43. The van der Waals surface area contributed by atoms with Crippen molar-refractivity contribution in [3.05, 3.63) is 42.2 Å². The zero-order valence-electron chi connectivity index (χ0n) is 11.6. The van der Waals surface area contributed by atoms with Crippen molar-refractivity contribution in [3.8, 4) is 0 Å². The number of benzene rings is 1. The highest BCUT2D eigenvalue weighted by Gasteiger charge is 2.40. The molecule has 1 aliphatic carbocycles. The SMILES string of the molecule is CC1CCC(O)(c2cccc3cnccc23)C(C)C1. The molecule has 2 aromatic rings. The number of aromatic nitrogens is 1. The van der Waals surface area contributed by atoms with Gasteiger partial charge in [0.15, 0.2) is 0 Å². The Balaban J connectivity index is 2.13. The minimum atomic E-state index is -0.687. The summed E-state index contributed by atoms with van der Waals surface area (Å²) in [5.41, 5.74) is 0.389. The molecule has 2 nitrogen and oxygen atoms in total. The fourth-order valence-corrected chi connectivity index (χ4v) is 3.53. The number of nitrogens with zero attached hydrogens (tertiary/aromatic N) is 1. The van der Waals surface area contributed by atoms with Gasteiger partial charge in [-0.15, -0.1) is 0 Å². The van der Waals surface area contributed by atoms with Crippen LogP contribution >= 0.6 is 0 Å². The van der Waals surface area contributed by atoms with E-state index in [0.717, 1.165) is 35.6 Å². The van der Waals surface area contributed by atoms with Crippen LogP contribution in [0, 0.1) is 11.8 Å². The van der Waals surface area contributed by atoms with Gasteiger partial charge >= 0.3 is 0 Å². The minimum absolute atomic E-state index is 0.301. The van der Waals surface area contributed by atoms with Gasteiger partial charge in [0.1, 0.15) is 0 Å². The first-order chi connectivity index (χ1) is 9.11. The van der Waals surface area contributed by atoms with Crippen LogP contribution in [0.5, 0.6) is 0 Å². The molecule has 0 radical (unpaired) electrons. The molecule has 3 atom stereocenters. The summed E-state index contributed by atoms with van der Waals surface area (Å²) in [4.78, 5) is 4.17. The van der Waals surface area contributed by atoms with Gasteiger partial charge in [0.05, 0.1) is 5.60 Å². The van der Waals surface area contributed by atoms with Crippen LogP contribution in [0.3, 0.4) is 0 Å². The summed E-state index contributed by atoms with van der Waals surface area (Å²) in [6.07, 6.45) is 6.74. The Morgan fingerprint density at radius 2 is 2.11 bits per heavy atom. The molecule has 1 aromatic heterocycles. The highest BCUT2D eigenvalue weighted by Crippen LogP contribution is 2.45. The molecule has 100 valence electrons. The van der Waals surface area contributed by atoms with E-state index in [-0.39, 0.29) is 0 Å². The maximum atomic E-state index is 11.2. The molecule has 3 unspecified atom stereocenters. The van der Waals surface area contributed by atoms with E-state index in [1.165, 1.54) is 0 Å². The van der Waals surface area contributed by atoms with Gasteiger partial charge in [-0.3, -0.25) is 4.98 Å². The summed E-state index contributed by atoms with van der Waals surface area (Å²) in [6.45, 7) is 4.46. The Bertz CT molecular complexity index is 589. The molecule has 3 rings (SSSR count). The van der Waals surface area contributed by atoms with E-state index in [1.807, 2.05) is 24.5 Å². The van der Waals surface area contributed by atoms with Gasteiger partial charge in [-0.25, -0.2) is 0 Å². The van der Waals surface area contributed by atoms with Crippen LogP contribution in [-0.2, 0) is 5.60 Å². The fourth-order valence-electron chi connectivity index (χ4n) is 3.53. The largest absolute Gasteiger partial charge is 0.385 e. The van der Waals surface area contributed by atoms with Gasteiger partial charge in [-0.1, -0.05) is 32.0 Å². The minimum Gasteiger partial charge on any atom is -0.385 e. The Morgan fingerprint density at radius 1 is 1.26 bits per heavy atom. The molecule has 1 aliphatic rings. The second-order valence-electron chi connectivity index (χ2n) is 6.11. The quantitative estimate of drug-likeness (QED) is 0.839. The van der Waals surface area contributed by atoms with E-state index in [2.05, 4.69) is 31.0 Å². The topological polar surface area (TPSA) is 33.1 Å². The average molecular weight is 255 g/mol. The molecule has 1 saturated carbocycles. The highest BCUT2D eigenvalue weighted by atomic mass is 16.3. The van der Waals surface area contributed by atoms with E-state index >= 15 is 0 Å². The highest BCUT2D eigenvalue weighted by molar-refractivity contribution is 5.85. The molecule has 2 heteroatoms. The van der Waals surface area contributed by atoms with Crippen molar-refractivity contribution < 1.29 is 5.11 Å². The first-order valence-electron chi connectivity index (χ1n) is 7.17. The molecule has 0 aliphatic heterocycles. The number of aliphatic hydroxyl groups is 1. The summed E-state index contributed by atoms with van der Waals surface area (Å²) in [6, 6.07) is 8.19. The lowest BCUT2D eigenvalue weighted by atomic mass is 9.68. The van der Waals surface area contributed by atoms with Crippen LogP contribution in [-0.4, -0.2) is 10.1 Å². The van der Waals surface area contributed by atoms with E-state index in [1.54, 1.807) is 0 Å². The van der Waals surface area contributed by atoms with Gasteiger partial charge in [0.25, 0.3) is 0 Å². The van der Waals surface area contributed by atoms with Gasteiger partial charge in [-0.05, 0) is 48.1 Å². The summed E-state index contributed by atoms with van der Waals surface area (Å²) in [7, 11) is 0. The number of rotatable bonds is 1. The third-order valence-electron chi connectivity index (χ3n) is 4.74. The molecular formula is C17H21NO. The summed E-state index contributed by atoms with van der Waals surface area (Å²) >= 11 is 0. The third-order valence-corrected chi connectivity index (χ3v) is 4.74. The number of hydrogen-bond acceptors (Lipinski definition) is 2. The van der Waals surface area contributed by atoms with Crippen molar-refractivity contribution in [2.24, 2.45) is 11.8 Å². The van der Waals surface area contributed by atoms with Gasteiger partial charge < -0.3 is 5.11 Å². The Morgan fingerprint density at radius 3 is 2.89 bits per heavy atom. The first-order valence-corrected chi connectivity index (χ1v) is 7.17. The summed E-state index contributed by atoms with van der Waals surface area (Å²) in [5.74, 6) is 1.02. The van der Waals surface area contributed by atoms with Crippen LogP contribution in [0.15, 0.2) is 36.7 Å². The summed E-state index contributed by atoms with van der Waals surface area (Å²) in [5, 5.41) is 13.5. The van der Waals surface area contributed by atoms with Crippen LogP contribution in [0.25, 0.3) is 10.8 Å². The number of hydrogen-bond donors (Lipinski definition) is 1. The maximum Gasteiger partial charge on any atom is 0.0928 e. The Hall–Kier alpha value is -1.41. The zero-order valence-corrected chi connectivity index (χ0v) is 11.6. The molecule has 0 saturated heterocycles. The third kappa shape index (κ3) is 2.04. The van der Waals surface area contributed by atoms with Crippen molar-refractivity contribution in [1.29, 1.82) is 0 Å². The molecule has 0 bridgehead atoms. The van der Waals surface area contributed by atoms with E-state index in [0.29, 0.717) is 11.8 Å². The van der Waals surface area contributed by atoms with Crippen LogP contribution in [0.2, 0.25) is 0 Å². The predicted molar refractivity (Wildman–Crippen MR) is 77.8 cm³/mol. The van der Waals surface area contributed by atoms with Crippen molar-refractivity contribution in [2.45, 2.75) is 38.7 Å². The smallest absolute Gasteiger partial charge is 0.0928 e. The standard InChI is InChI=1S/C17H21NO/c1-12-6-8-17(19,13(2)10-12)16-5-3-4-14-11-18-9-7-15(14)16/h3-5,7,9,11-13,19H,6,8,10H2,1-2H3. The van der Waals surface area contributed by atoms with Gasteiger partial charge in [-0.2, -0.15) is 0 Å². The molecule has 19 heavy (non-hydrogen) atoms. The van der Waals surface area contributed by atoms with Crippen molar-refractivity contribution in [3.63, 3.8) is 0 Å². The van der Waals surface area contributed by atoms with Crippen molar-refractivity contribution >= 4 is 10.8 Å². The van der Waals surface area contributed by atoms with E-state index in [9.17, 15) is 5.11 Å². The predicted octanol–water partition coefficient (Wildman–Crippen LogP) is 3.88. The molecule has 1 fully saturated rings. The Labute approximate surface area is 114 Å². The molecule has 0 spiro atoms. The van der Waals surface area contributed by atoms with Gasteiger partial charge in [0, 0.05) is 17.8 Å². The first kappa shape index (κ1) is 12.6. The molecule has 0 amide bonds. The normalized spacial score (nSPS) is 31.5. The van der Waals surface area contributed by atoms with E-state index in [4.69, 9.17) is 0 Å². The van der Waals surface area contributed by atoms with Crippen LogP contribution < -0.4 is 0 Å². The fraction of sp³-hybridized carbons (Fsp3) is 0.471. The lowest BCUT2D eigenvalue weighted by Crippen LogP contribution is -2.38. The van der Waals surface area contributed by atoms with Crippen LogP contribution in [0.4, 0.5) is 0 Å². The molecule has 1 aromatic carbocycles. The van der Waals surface area contributed by atoms with Crippen molar-refractivity contribution in [1.82, 2.24) is 4.98 Å². The lowest BCUT2D eigenvalue weighted by Gasteiger charge is -2.41.